The van der Waals surface area contributed by atoms with Crippen molar-refractivity contribution in [3.63, 3.8) is 0 Å². The Labute approximate surface area is 171 Å². The number of anilines is 1. The van der Waals surface area contributed by atoms with Crippen molar-refractivity contribution in [2.45, 2.75) is 37.3 Å². The molecule has 1 saturated heterocycles. The lowest BCUT2D eigenvalue weighted by molar-refractivity contribution is 0.0582. The first-order valence-electron chi connectivity index (χ1n) is 10.3. The Morgan fingerprint density at radius 2 is 1.69 bits per heavy atom. The van der Waals surface area contributed by atoms with Crippen LogP contribution in [0.3, 0.4) is 0 Å². The van der Waals surface area contributed by atoms with Gasteiger partial charge in [-0.2, -0.15) is 0 Å². The number of aryl methyl sites for hydroxylation is 1. The summed E-state index contributed by atoms with van der Waals surface area (Å²) in [5.74, 6) is 1.71. The van der Waals surface area contributed by atoms with Gasteiger partial charge in [-0.25, -0.2) is 9.97 Å². The normalized spacial score (nSPS) is 22.7. The molecule has 0 amide bonds. The first-order chi connectivity index (χ1) is 14.1. The number of nitrogens with zero attached hydrogens (tertiary/aromatic N) is 3. The summed E-state index contributed by atoms with van der Waals surface area (Å²) in [6.45, 7) is 3.69. The SMILES string of the molecule is Cc1cc(N2CCC3(CC2)c2ccccc2[C@@H](N)[C@@H]3O)nc(-c2ccccc2)n1. The lowest BCUT2D eigenvalue weighted by Crippen LogP contribution is -2.49. The predicted molar refractivity (Wildman–Crippen MR) is 115 cm³/mol. The van der Waals surface area contributed by atoms with Crippen LogP contribution in [0.1, 0.15) is 35.7 Å². The van der Waals surface area contributed by atoms with Crippen molar-refractivity contribution in [1.29, 1.82) is 0 Å². The van der Waals surface area contributed by atoms with E-state index < -0.39 is 6.10 Å². The van der Waals surface area contributed by atoms with Crippen LogP contribution in [-0.4, -0.2) is 34.3 Å². The van der Waals surface area contributed by atoms with Crippen LogP contribution in [0.4, 0.5) is 5.82 Å². The molecule has 2 aromatic carbocycles. The molecule has 0 bridgehead atoms. The summed E-state index contributed by atoms with van der Waals surface area (Å²) >= 11 is 0. The molecule has 148 valence electrons. The number of aromatic nitrogens is 2. The predicted octanol–water partition coefficient (Wildman–Crippen LogP) is 3.36. The first kappa shape index (κ1) is 18.3. The van der Waals surface area contributed by atoms with Gasteiger partial charge < -0.3 is 15.7 Å². The molecule has 3 aromatic rings. The monoisotopic (exact) mass is 386 g/mol. The zero-order valence-corrected chi connectivity index (χ0v) is 16.6. The lowest BCUT2D eigenvalue weighted by atomic mass is 9.72. The molecule has 5 heteroatoms. The van der Waals surface area contributed by atoms with E-state index >= 15 is 0 Å². The van der Waals surface area contributed by atoms with Gasteiger partial charge in [0.2, 0.25) is 0 Å². The number of hydrogen-bond acceptors (Lipinski definition) is 5. The van der Waals surface area contributed by atoms with Crippen LogP contribution in [0.5, 0.6) is 0 Å². The van der Waals surface area contributed by atoms with Crippen molar-refractivity contribution in [3.8, 4) is 11.4 Å². The second-order valence-corrected chi connectivity index (χ2v) is 8.26. The lowest BCUT2D eigenvalue weighted by Gasteiger charge is -2.43. The number of aliphatic hydroxyl groups excluding tert-OH is 1. The van der Waals surface area contributed by atoms with Gasteiger partial charge in [-0.05, 0) is 30.9 Å². The van der Waals surface area contributed by atoms with E-state index in [0.717, 1.165) is 54.4 Å². The maximum atomic E-state index is 11.0. The Morgan fingerprint density at radius 1 is 1.00 bits per heavy atom. The Morgan fingerprint density at radius 3 is 2.45 bits per heavy atom. The quantitative estimate of drug-likeness (QED) is 0.706. The molecule has 2 heterocycles. The molecule has 3 N–H and O–H groups in total. The van der Waals surface area contributed by atoms with Crippen molar-refractivity contribution in [2.75, 3.05) is 18.0 Å². The van der Waals surface area contributed by atoms with Crippen LogP contribution >= 0.6 is 0 Å². The van der Waals surface area contributed by atoms with E-state index in [4.69, 9.17) is 10.7 Å². The number of nitrogens with two attached hydrogens (primary N) is 1. The average Bonchev–Trinajstić information content (AvgIpc) is 2.97. The number of piperidine rings is 1. The maximum absolute atomic E-state index is 11.0. The third-order valence-corrected chi connectivity index (χ3v) is 6.61. The van der Waals surface area contributed by atoms with Gasteiger partial charge in [0.1, 0.15) is 5.82 Å². The fourth-order valence-corrected chi connectivity index (χ4v) is 5.04. The molecule has 0 saturated carbocycles. The van der Waals surface area contributed by atoms with Gasteiger partial charge in [-0.3, -0.25) is 0 Å². The van der Waals surface area contributed by atoms with Crippen molar-refractivity contribution in [3.05, 3.63) is 77.5 Å². The largest absolute Gasteiger partial charge is 0.390 e. The van der Waals surface area contributed by atoms with Crippen LogP contribution in [0, 0.1) is 6.92 Å². The highest BCUT2D eigenvalue weighted by Gasteiger charge is 2.51. The molecule has 2 atom stereocenters. The van der Waals surface area contributed by atoms with E-state index in [1.54, 1.807) is 0 Å². The van der Waals surface area contributed by atoms with E-state index in [2.05, 4.69) is 34.1 Å². The molecule has 2 aliphatic rings. The van der Waals surface area contributed by atoms with Gasteiger partial charge in [0, 0.05) is 35.8 Å². The van der Waals surface area contributed by atoms with E-state index in [1.807, 2.05) is 43.3 Å². The summed E-state index contributed by atoms with van der Waals surface area (Å²) < 4.78 is 0. The molecule has 29 heavy (non-hydrogen) atoms. The van der Waals surface area contributed by atoms with E-state index in [1.165, 1.54) is 5.56 Å². The molecular formula is C24H26N4O. The van der Waals surface area contributed by atoms with Crippen LogP contribution in [0.15, 0.2) is 60.7 Å². The molecule has 1 fully saturated rings. The fraction of sp³-hybridized carbons (Fsp3) is 0.333. The molecule has 0 unspecified atom stereocenters. The van der Waals surface area contributed by atoms with Gasteiger partial charge in [0.05, 0.1) is 12.1 Å². The highest BCUT2D eigenvalue weighted by molar-refractivity contribution is 5.58. The molecule has 1 aliphatic carbocycles. The van der Waals surface area contributed by atoms with Crippen molar-refractivity contribution in [2.24, 2.45) is 5.73 Å². The zero-order valence-electron chi connectivity index (χ0n) is 16.6. The second-order valence-electron chi connectivity index (χ2n) is 8.26. The molecule has 1 aliphatic heterocycles. The summed E-state index contributed by atoms with van der Waals surface area (Å²) in [5, 5.41) is 11.0. The second kappa shape index (κ2) is 6.94. The van der Waals surface area contributed by atoms with E-state index in [9.17, 15) is 5.11 Å². The average molecular weight is 386 g/mol. The molecule has 5 nitrogen and oxygen atoms in total. The van der Waals surface area contributed by atoms with Crippen LogP contribution in [0.2, 0.25) is 0 Å². The van der Waals surface area contributed by atoms with E-state index in [-0.39, 0.29) is 11.5 Å². The minimum absolute atomic E-state index is 0.253. The number of hydrogen-bond donors (Lipinski definition) is 2. The standard InChI is InChI=1S/C24H26N4O/c1-16-15-20(27-23(26-16)17-7-3-2-4-8-17)28-13-11-24(12-14-28)19-10-6-5-9-18(19)21(25)22(24)29/h2-10,15,21-22,29H,11-14,25H2,1H3/t21-,22+/m1/s1. The van der Waals surface area contributed by atoms with Gasteiger partial charge in [-0.1, -0.05) is 54.6 Å². The topological polar surface area (TPSA) is 75.3 Å². The van der Waals surface area contributed by atoms with Gasteiger partial charge in [0.25, 0.3) is 0 Å². The van der Waals surface area contributed by atoms with Gasteiger partial charge in [-0.15, -0.1) is 0 Å². The zero-order chi connectivity index (χ0) is 20.0. The Hall–Kier alpha value is -2.76. The fourth-order valence-electron chi connectivity index (χ4n) is 5.04. The van der Waals surface area contributed by atoms with E-state index in [0.29, 0.717) is 0 Å². The molecule has 1 spiro atoms. The smallest absolute Gasteiger partial charge is 0.161 e. The Kier molecular flexibility index (Phi) is 4.37. The molecule has 0 radical (unpaired) electrons. The summed E-state index contributed by atoms with van der Waals surface area (Å²) in [6.07, 6.45) is 1.19. The van der Waals surface area contributed by atoms with Gasteiger partial charge >= 0.3 is 0 Å². The Bertz CT molecular complexity index is 1030. The van der Waals surface area contributed by atoms with Crippen LogP contribution in [-0.2, 0) is 5.41 Å². The minimum Gasteiger partial charge on any atom is -0.390 e. The highest BCUT2D eigenvalue weighted by Crippen LogP contribution is 2.50. The van der Waals surface area contributed by atoms with Crippen LogP contribution < -0.4 is 10.6 Å². The first-order valence-corrected chi connectivity index (χ1v) is 10.3. The Balaban J connectivity index is 1.43. The highest BCUT2D eigenvalue weighted by atomic mass is 16.3. The van der Waals surface area contributed by atoms with Crippen molar-refractivity contribution in [1.82, 2.24) is 9.97 Å². The van der Waals surface area contributed by atoms with Crippen molar-refractivity contribution >= 4 is 5.82 Å². The summed E-state index contributed by atoms with van der Waals surface area (Å²) in [6, 6.07) is 20.1. The summed E-state index contributed by atoms with van der Waals surface area (Å²) in [5.41, 5.74) is 10.4. The number of rotatable bonds is 2. The number of aliphatic hydroxyl groups is 1. The summed E-state index contributed by atoms with van der Waals surface area (Å²) in [7, 11) is 0. The number of benzene rings is 2. The molecule has 1 aromatic heterocycles. The maximum Gasteiger partial charge on any atom is 0.161 e. The number of fused-ring (bicyclic) bond motifs is 2. The van der Waals surface area contributed by atoms with Crippen molar-refractivity contribution < 1.29 is 5.11 Å². The van der Waals surface area contributed by atoms with Gasteiger partial charge in [0.15, 0.2) is 5.82 Å². The van der Waals surface area contributed by atoms with Crippen LogP contribution in [0.25, 0.3) is 11.4 Å². The molecule has 5 rings (SSSR count). The summed E-state index contributed by atoms with van der Waals surface area (Å²) in [4.78, 5) is 11.8. The third-order valence-electron chi connectivity index (χ3n) is 6.61. The third kappa shape index (κ3) is 2.93. The minimum atomic E-state index is -0.533. The molecular weight excluding hydrogens is 360 g/mol.